The molecule has 0 spiro atoms. The summed E-state index contributed by atoms with van der Waals surface area (Å²) in [5, 5.41) is 8.06. The molecule has 0 aromatic heterocycles. The van der Waals surface area contributed by atoms with E-state index in [4.69, 9.17) is 4.74 Å². The third-order valence-corrected chi connectivity index (χ3v) is 6.87. The number of hydrogen-bond acceptors (Lipinski definition) is 5. The van der Waals surface area contributed by atoms with Crippen molar-refractivity contribution in [3.8, 4) is 0 Å². The van der Waals surface area contributed by atoms with Crippen molar-refractivity contribution in [1.82, 2.24) is 15.5 Å². The number of ether oxygens (including phenoxy) is 1. The number of carbonyl (C=O) groups is 3. The van der Waals surface area contributed by atoms with Crippen LogP contribution in [-0.4, -0.2) is 55.0 Å². The maximum atomic E-state index is 14.3. The number of benzene rings is 2. The van der Waals surface area contributed by atoms with Crippen LogP contribution < -0.4 is 16.0 Å². The maximum absolute atomic E-state index is 14.3. The van der Waals surface area contributed by atoms with Crippen LogP contribution in [0.3, 0.4) is 0 Å². The molecule has 2 aliphatic rings. The lowest BCUT2D eigenvalue weighted by Gasteiger charge is -2.35. The summed E-state index contributed by atoms with van der Waals surface area (Å²) in [5.41, 5.74) is 0.748. The molecule has 8 nitrogen and oxygen atoms in total. The third-order valence-electron chi connectivity index (χ3n) is 6.87. The molecule has 37 heavy (non-hydrogen) atoms. The first kappa shape index (κ1) is 28.5. The highest BCUT2D eigenvalue weighted by molar-refractivity contribution is 6.00. The first-order valence-corrected chi connectivity index (χ1v) is 12.0. The van der Waals surface area contributed by atoms with Crippen molar-refractivity contribution in [3.63, 3.8) is 0 Å². The van der Waals surface area contributed by atoms with E-state index in [2.05, 4.69) is 16.0 Å². The van der Waals surface area contributed by atoms with Gasteiger partial charge in [0.2, 0.25) is 11.8 Å². The van der Waals surface area contributed by atoms with Crippen molar-refractivity contribution >= 4 is 35.8 Å². The third kappa shape index (κ3) is 6.08. The predicted octanol–water partition coefficient (Wildman–Crippen LogP) is 2.93. The van der Waals surface area contributed by atoms with Gasteiger partial charge in [-0.25, -0.2) is 8.78 Å². The summed E-state index contributed by atoms with van der Waals surface area (Å²) in [5.74, 6) is -3.52. The molecular weight excluding hydrogens is 506 g/mol. The zero-order valence-corrected chi connectivity index (χ0v) is 21.4. The van der Waals surface area contributed by atoms with Crippen LogP contribution >= 0.6 is 12.4 Å². The standard InChI is InChI=1S/C26H30F2N4O4.ClH/c1-15(29-2)24(33)30-21(16-10-12-36-13-11-16)26(35)32-14-17-6-3-4-7-18(17)23(32)25(34)31-22-19(27)8-5-9-20(22)28;/h3-9,15-16,21,23,29H,10-14H2,1-2H3,(H,30,33)(H,31,34);1H/t15?,21?,23-;/m0./s1. The predicted molar refractivity (Wildman–Crippen MR) is 136 cm³/mol. The quantitative estimate of drug-likeness (QED) is 0.505. The minimum Gasteiger partial charge on any atom is -0.381 e. The van der Waals surface area contributed by atoms with Gasteiger partial charge in [-0.2, -0.15) is 0 Å². The minimum atomic E-state index is -1.12. The van der Waals surface area contributed by atoms with Crippen LogP contribution in [0.15, 0.2) is 42.5 Å². The molecule has 0 radical (unpaired) electrons. The van der Waals surface area contributed by atoms with Gasteiger partial charge in [-0.1, -0.05) is 30.3 Å². The number of hydrogen-bond donors (Lipinski definition) is 3. The van der Waals surface area contributed by atoms with E-state index >= 15 is 0 Å². The largest absolute Gasteiger partial charge is 0.381 e. The minimum absolute atomic E-state index is 0. The van der Waals surface area contributed by atoms with Crippen molar-refractivity contribution < 1.29 is 27.9 Å². The molecule has 3 atom stereocenters. The van der Waals surface area contributed by atoms with E-state index in [1.165, 1.54) is 11.0 Å². The summed E-state index contributed by atoms with van der Waals surface area (Å²) < 4.78 is 34.0. The number of para-hydroxylation sites is 1. The van der Waals surface area contributed by atoms with Crippen LogP contribution in [0.4, 0.5) is 14.5 Å². The second kappa shape index (κ2) is 12.4. The van der Waals surface area contributed by atoms with Crippen molar-refractivity contribution in [1.29, 1.82) is 0 Å². The number of nitrogens with zero attached hydrogens (tertiary/aromatic N) is 1. The van der Waals surface area contributed by atoms with Crippen LogP contribution in [0.1, 0.15) is 36.9 Å². The number of halogens is 3. The summed E-state index contributed by atoms with van der Waals surface area (Å²) in [7, 11) is 1.65. The van der Waals surface area contributed by atoms with Gasteiger partial charge < -0.3 is 25.6 Å². The first-order chi connectivity index (χ1) is 17.3. The van der Waals surface area contributed by atoms with Crippen molar-refractivity contribution in [2.45, 2.75) is 44.4 Å². The van der Waals surface area contributed by atoms with Gasteiger partial charge in [0, 0.05) is 19.8 Å². The fraction of sp³-hybridized carbons (Fsp3) is 0.423. The smallest absolute Gasteiger partial charge is 0.252 e. The molecule has 3 N–H and O–H groups in total. The topological polar surface area (TPSA) is 99.8 Å². The Bertz CT molecular complexity index is 1130. The normalized spacial score (nSPS) is 18.8. The molecule has 4 rings (SSSR count). The Balaban J connectivity index is 0.00000380. The Morgan fingerprint density at radius 1 is 1.03 bits per heavy atom. The summed E-state index contributed by atoms with van der Waals surface area (Å²) in [6.45, 7) is 2.74. The van der Waals surface area contributed by atoms with Gasteiger partial charge in [0.1, 0.15) is 29.4 Å². The monoisotopic (exact) mass is 536 g/mol. The van der Waals surface area contributed by atoms with Crippen LogP contribution in [0.25, 0.3) is 0 Å². The Kier molecular flexibility index (Phi) is 9.58. The van der Waals surface area contributed by atoms with E-state index in [9.17, 15) is 23.2 Å². The second-order valence-electron chi connectivity index (χ2n) is 9.10. The SMILES string of the molecule is CNC(C)C(=O)NC(C(=O)N1Cc2ccccc2[C@H]1C(=O)Nc1c(F)cccc1F)C1CCOCC1.Cl. The van der Waals surface area contributed by atoms with E-state index in [1.807, 2.05) is 0 Å². The Morgan fingerprint density at radius 2 is 1.68 bits per heavy atom. The number of anilines is 1. The van der Waals surface area contributed by atoms with E-state index in [0.29, 0.717) is 31.6 Å². The molecule has 200 valence electrons. The Labute approximate surface area is 220 Å². The maximum Gasteiger partial charge on any atom is 0.252 e. The number of carbonyl (C=O) groups excluding carboxylic acids is 3. The van der Waals surface area contributed by atoms with Crippen LogP contribution in [0, 0.1) is 17.6 Å². The molecule has 2 aliphatic heterocycles. The number of fused-ring (bicyclic) bond motifs is 1. The first-order valence-electron chi connectivity index (χ1n) is 12.0. The van der Waals surface area contributed by atoms with Crippen molar-refractivity contribution in [2.24, 2.45) is 5.92 Å². The molecule has 2 heterocycles. The summed E-state index contributed by atoms with van der Waals surface area (Å²) in [4.78, 5) is 41.5. The summed E-state index contributed by atoms with van der Waals surface area (Å²) in [6, 6.07) is 7.82. The van der Waals surface area contributed by atoms with Crippen LogP contribution in [0.5, 0.6) is 0 Å². The Hall–Kier alpha value is -3.08. The molecule has 0 saturated carbocycles. The van der Waals surface area contributed by atoms with E-state index in [0.717, 1.165) is 17.7 Å². The van der Waals surface area contributed by atoms with Crippen LogP contribution in [0.2, 0.25) is 0 Å². The second-order valence-corrected chi connectivity index (χ2v) is 9.10. The highest BCUT2D eigenvalue weighted by Gasteiger charge is 2.43. The molecule has 2 aromatic rings. The summed E-state index contributed by atoms with van der Waals surface area (Å²) in [6.07, 6.45) is 1.14. The van der Waals surface area contributed by atoms with Gasteiger partial charge in [-0.05, 0) is 56.0 Å². The fourth-order valence-electron chi connectivity index (χ4n) is 4.70. The molecule has 11 heteroatoms. The highest BCUT2D eigenvalue weighted by atomic mass is 35.5. The van der Waals surface area contributed by atoms with E-state index < -0.39 is 47.3 Å². The van der Waals surface area contributed by atoms with Gasteiger partial charge in [0.25, 0.3) is 5.91 Å². The van der Waals surface area contributed by atoms with Gasteiger partial charge in [-0.15, -0.1) is 12.4 Å². The van der Waals surface area contributed by atoms with Crippen molar-refractivity contribution in [2.75, 3.05) is 25.6 Å². The molecule has 1 saturated heterocycles. The summed E-state index contributed by atoms with van der Waals surface area (Å²) >= 11 is 0. The number of likely N-dealkylation sites (N-methyl/N-ethyl adjacent to an activating group) is 1. The lowest BCUT2D eigenvalue weighted by Crippen LogP contribution is -2.56. The number of nitrogens with one attached hydrogen (secondary N) is 3. The lowest BCUT2D eigenvalue weighted by molar-refractivity contribution is -0.144. The van der Waals surface area contributed by atoms with Crippen LogP contribution in [-0.2, 0) is 25.7 Å². The van der Waals surface area contributed by atoms with Gasteiger partial charge >= 0.3 is 0 Å². The lowest BCUT2D eigenvalue weighted by atomic mass is 9.90. The molecule has 3 amide bonds. The average molecular weight is 537 g/mol. The molecule has 1 fully saturated rings. The molecule has 2 aromatic carbocycles. The molecule has 0 bridgehead atoms. The molecule has 0 aliphatic carbocycles. The van der Waals surface area contributed by atoms with Gasteiger partial charge in [-0.3, -0.25) is 14.4 Å². The van der Waals surface area contributed by atoms with Crippen molar-refractivity contribution in [3.05, 3.63) is 65.2 Å². The van der Waals surface area contributed by atoms with Gasteiger partial charge in [0.15, 0.2) is 0 Å². The number of amides is 3. The Morgan fingerprint density at radius 3 is 2.32 bits per heavy atom. The fourth-order valence-corrected chi connectivity index (χ4v) is 4.70. The number of rotatable bonds is 7. The van der Waals surface area contributed by atoms with Gasteiger partial charge in [0.05, 0.1) is 6.04 Å². The zero-order chi connectivity index (χ0) is 25.8. The average Bonchev–Trinajstić information content (AvgIpc) is 3.28. The molecule has 2 unspecified atom stereocenters. The molecular formula is C26H31ClF2N4O4. The highest BCUT2D eigenvalue weighted by Crippen LogP contribution is 2.36. The zero-order valence-electron chi connectivity index (χ0n) is 20.6. The van der Waals surface area contributed by atoms with E-state index in [1.54, 1.807) is 38.2 Å². The van der Waals surface area contributed by atoms with E-state index in [-0.39, 0.29) is 30.8 Å².